The van der Waals surface area contributed by atoms with Crippen molar-refractivity contribution < 1.29 is 9.53 Å². The van der Waals surface area contributed by atoms with E-state index < -0.39 is 0 Å². The lowest BCUT2D eigenvalue weighted by molar-refractivity contribution is 0.142. The molecule has 1 N–H and O–H groups in total. The van der Waals surface area contributed by atoms with Gasteiger partial charge in [-0.15, -0.1) is 0 Å². The van der Waals surface area contributed by atoms with Gasteiger partial charge in [-0.05, 0) is 25.3 Å². The number of rotatable bonds is 7. The van der Waals surface area contributed by atoms with Gasteiger partial charge in [0.1, 0.15) is 0 Å². The Morgan fingerprint density at radius 1 is 1.36 bits per heavy atom. The van der Waals surface area contributed by atoms with Crippen LogP contribution in [0.2, 0.25) is 0 Å². The Hall–Kier alpha value is -1.20. The average molecular weight is 320 g/mol. The molecule has 5 heteroatoms. The second-order valence-corrected chi connectivity index (χ2v) is 7.14. The van der Waals surface area contributed by atoms with Crippen molar-refractivity contribution >= 4 is 17.8 Å². The molecule has 22 heavy (non-hydrogen) atoms. The Labute approximate surface area is 136 Å². The van der Waals surface area contributed by atoms with Gasteiger partial charge in [-0.25, -0.2) is 4.79 Å². The zero-order valence-electron chi connectivity index (χ0n) is 13.0. The lowest BCUT2D eigenvalue weighted by atomic mass is 10.0. The molecule has 2 amide bonds. The SMILES string of the molecule is CCOCCCC1SCC2C1NC(=O)N2Cc1ccccc1. The summed E-state index contributed by atoms with van der Waals surface area (Å²) in [5.41, 5.74) is 1.20. The van der Waals surface area contributed by atoms with Crippen LogP contribution in [0.15, 0.2) is 30.3 Å². The number of carbonyl (C=O) groups is 1. The van der Waals surface area contributed by atoms with Gasteiger partial charge in [-0.2, -0.15) is 11.8 Å². The van der Waals surface area contributed by atoms with Gasteiger partial charge in [0.2, 0.25) is 0 Å². The first-order valence-electron chi connectivity index (χ1n) is 8.10. The van der Waals surface area contributed by atoms with E-state index in [4.69, 9.17) is 4.74 Å². The van der Waals surface area contributed by atoms with E-state index in [1.165, 1.54) is 5.56 Å². The van der Waals surface area contributed by atoms with E-state index >= 15 is 0 Å². The van der Waals surface area contributed by atoms with E-state index in [-0.39, 0.29) is 6.03 Å². The highest BCUT2D eigenvalue weighted by atomic mass is 32.2. The van der Waals surface area contributed by atoms with Crippen molar-refractivity contribution in [2.24, 2.45) is 0 Å². The molecule has 2 fully saturated rings. The molecular weight excluding hydrogens is 296 g/mol. The summed E-state index contributed by atoms with van der Waals surface area (Å²) in [6, 6.07) is 11.0. The number of ether oxygens (including phenoxy) is 1. The molecule has 3 rings (SSSR count). The fraction of sp³-hybridized carbons (Fsp3) is 0.588. The van der Waals surface area contributed by atoms with Crippen molar-refractivity contribution in [2.75, 3.05) is 19.0 Å². The van der Waals surface area contributed by atoms with Gasteiger partial charge >= 0.3 is 6.03 Å². The van der Waals surface area contributed by atoms with E-state index in [1.807, 2.05) is 41.8 Å². The molecule has 0 radical (unpaired) electrons. The Balaban J connectivity index is 1.57. The molecule has 2 saturated heterocycles. The molecule has 2 aliphatic rings. The van der Waals surface area contributed by atoms with Crippen LogP contribution in [0, 0.1) is 0 Å². The Kier molecular flexibility index (Phi) is 5.26. The summed E-state index contributed by atoms with van der Waals surface area (Å²) in [4.78, 5) is 14.3. The molecule has 3 unspecified atom stereocenters. The first kappa shape index (κ1) is 15.7. The molecule has 3 atom stereocenters. The largest absolute Gasteiger partial charge is 0.382 e. The topological polar surface area (TPSA) is 41.6 Å². The quantitative estimate of drug-likeness (QED) is 0.620. The van der Waals surface area contributed by atoms with E-state index in [9.17, 15) is 4.79 Å². The second-order valence-electron chi connectivity index (χ2n) is 5.87. The highest BCUT2D eigenvalue weighted by molar-refractivity contribution is 8.00. The summed E-state index contributed by atoms with van der Waals surface area (Å²) in [5.74, 6) is 1.04. The first-order chi connectivity index (χ1) is 10.8. The third kappa shape index (κ3) is 3.41. The molecule has 0 saturated carbocycles. The number of fused-ring (bicyclic) bond motifs is 1. The van der Waals surface area contributed by atoms with Crippen LogP contribution in [0.3, 0.4) is 0 Å². The van der Waals surface area contributed by atoms with Gasteiger partial charge in [0, 0.05) is 30.8 Å². The van der Waals surface area contributed by atoms with Gasteiger partial charge in [0.15, 0.2) is 0 Å². The number of urea groups is 1. The number of benzene rings is 1. The minimum Gasteiger partial charge on any atom is -0.382 e. The van der Waals surface area contributed by atoms with E-state index in [2.05, 4.69) is 17.4 Å². The van der Waals surface area contributed by atoms with Gasteiger partial charge in [0.25, 0.3) is 0 Å². The maximum atomic E-state index is 12.3. The molecule has 120 valence electrons. The highest BCUT2D eigenvalue weighted by Gasteiger charge is 2.47. The molecule has 1 aromatic carbocycles. The van der Waals surface area contributed by atoms with E-state index in [0.29, 0.717) is 23.9 Å². The zero-order valence-corrected chi connectivity index (χ0v) is 13.8. The summed E-state index contributed by atoms with van der Waals surface area (Å²) in [6.45, 7) is 4.34. The number of carbonyl (C=O) groups excluding carboxylic acids is 1. The Morgan fingerprint density at radius 2 is 2.18 bits per heavy atom. The molecular formula is C17H24N2O2S. The molecule has 1 aromatic rings. The number of nitrogens with zero attached hydrogens (tertiary/aromatic N) is 1. The van der Waals surface area contributed by atoms with Crippen molar-refractivity contribution in [3.8, 4) is 0 Å². The van der Waals surface area contributed by atoms with Crippen LogP contribution in [0.25, 0.3) is 0 Å². The van der Waals surface area contributed by atoms with Crippen molar-refractivity contribution in [2.45, 2.75) is 43.6 Å². The van der Waals surface area contributed by atoms with Gasteiger partial charge in [-0.3, -0.25) is 0 Å². The monoisotopic (exact) mass is 320 g/mol. The van der Waals surface area contributed by atoms with Crippen LogP contribution in [0.1, 0.15) is 25.3 Å². The number of thioether (sulfide) groups is 1. The highest BCUT2D eigenvalue weighted by Crippen LogP contribution is 2.37. The summed E-state index contributed by atoms with van der Waals surface area (Å²) in [7, 11) is 0. The summed E-state index contributed by atoms with van der Waals surface area (Å²) < 4.78 is 5.42. The number of hydrogen-bond donors (Lipinski definition) is 1. The standard InChI is InChI=1S/C17H24N2O2S/c1-2-21-10-6-9-15-16-14(12-22-15)19(17(20)18-16)11-13-7-4-3-5-8-13/h3-5,7-8,14-16H,2,6,9-12H2,1H3,(H,18,20). The predicted molar refractivity (Wildman–Crippen MR) is 90.1 cm³/mol. The number of hydrogen-bond acceptors (Lipinski definition) is 3. The van der Waals surface area contributed by atoms with Gasteiger partial charge in [-0.1, -0.05) is 30.3 Å². The third-order valence-electron chi connectivity index (χ3n) is 4.42. The number of nitrogens with one attached hydrogen (secondary N) is 1. The van der Waals surface area contributed by atoms with Crippen LogP contribution < -0.4 is 5.32 Å². The van der Waals surface area contributed by atoms with Crippen LogP contribution in [-0.4, -0.2) is 47.2 Å². The maximum absolute atomic E-state index is 12.3. The van der Waals surface area contributed by atoms with E-state index in [0.717, 1.165) is 31.8 Å². The van der Waals surface area contributed by atoms with Gasteiger partial charge in [0.05, 0.1) is 12.1 Å². The zero-order chi connectivity index (χ0) is 15.4. The predicted octanol–water partition coefficient (Wildman–Crippen LogP) is 2.88. The molecule has 0 spiro atoms. The number of amides is 2. The van der Waals surface area contributed by atoms with Gasteiger partial charge < -0.3 is 15.0 Å². The smallest absolute Gasteiger partial charge is 0.318 e. The summed E-state index contributed by atoms with van der Waals surface area (Å²) >= 11 is 2.00. The van der Waals surface area contributed by atoms with Crippen molar-refractivity contribution in [3.05, 3.63) is 35.9 Å². The van der Waals surface area contributed by atoms with Crippen molar-refractivity contribution in [3.63, 3.8) is 0 Å². The second kappa shape index (κ2) is 7.38. The average Bonchev–Trinajstić information content (AvgIpc) is 3.06. The lowest BCUT2D eigenvalue weighted by Gasteiger charge is -2.22. The summed E-state index contributed by atoms with van der Waals surface area (Å²) in [6.07, 6.45) is 2.19. The first-order valence-corrected chi connectivity index (χ1v) is 9.15. The molecule has 2 aliphatic heterocycles. The molecule has 0 bridgehead atoms. The van der Waals surface area contributed by atoms with Crippen molar-refractivity contribution in [1.29, 1.82) is 0 Å². The van der Waals surface area contributed by atoms with Crippen LogP contribution in [0.4, 0.5) is 4.79 Å². The minimum absolute atomic E-state index is 0.0916. The fourth-order valence-corrected chi connectivity index (χ4v) is 4.91. The maximum Gasteiger partial charge on any atom is 0.318 e. The third-order valence-corrected chi connectivity index (χ3v) is 5.92. The molecule has 0 aromatic heterocycles. The van der Waals surface area contributed by atoms with E-state index in [1.54, 1.807) is 0 Å². The van der Waals surface area contributed by atoms with Crippen LogP contribution >= 0.6 is 11.8 Å². The van der Waals surface area contributed by atoms with Crippen molar-refractivity contribution in [1.82, 2.24) is 10.2 Å². The molecule has 2 heterocycles. The normalized spacial score (nSPS) is 27.0. The summed E-state index contributed by atoms with van der Waals surface area (Å²) in [5, 5.41) is 3.73. The Morgan fingerprint density at radius 3 is 2.95 bits per heavy atom. The molecule has 0 aliphatic carbocycles. The Bertz CT molecular complexity index is 497. The minimum atomic E-state index is 0.0916. The molecule has 4 nitrogen and oxygen atoms in total. The lowest BCUT2D eigenvalue weighted by Crippen LogP contribution is -2.37. The van der Waals surface area contributed by atoms with Crippen LogP contribution in [0.5, 0.6) is 0 Å². The fourth-order valence-electron chi connectivity index (χ4n) is 3.29. The van der Waals surface area contributed by atoms with Crippen LogP contribution in [-0.2, 0) is 11.3 Å².